The van der Waals surface area contributed by atoms with E-state index in [4.69, 9.17) is 11.6 Å². The maximum atomic E-state index is 12.6. The van der Waals surface area contributed by atoms with Crippen LogP contribution in [0.3, 0.4) is 0 Å². The second-order valence-electron chi connectivity index (χ2n) is 5.64. The summed E-state index contributed by atoms with van der Waals surface area (Å²) in [6, 6.07) is 11.7. The molecule has 0 radical (unpaired) electrons. The molecule has 0 fully saturated rings. The van der Waals surface area contributed by atoms with Gasteiger partial charge in [-0.2, -0.15) is 0 Å². The van der Waals surface area contributed by atoms with E-state index in [0.717, 1.165) is 18.2 Å². The zero-order chi connectivity index (χ0) is 20.7. The summed E-state index contributed by atoms with van der Waals surface area (Å²) in [5.41, 5.74) is -1.12. The minimum absolute atomic E-state index is 0.0276. The van der Waals surface area contributed by atoms with Crippen molar-refractivity contribution in [1.29, 1.82) is 0 Å². The third kappa shape index (κ3) is 3.87. The minimum atomic E-state index is -5.01. The number of rotatable bonds is 4. The average Bonchev–Trinajstić information content (AvgIpc) is 2.60. The molecule has 0 unspecified atom stereocenters. The Balaban J connectivity index is 2.12. The number of nitrogens with zero attached hydrogens (tertiary/aromatic N) is 1. The van der Waals surface area contributed by atoms with E-state index in [0.29, 0.717) is 0 Å². The number of hydrogen-bond acceptors (Lipinski definition) is 5. The first-order valence-corrected chi connectivity index (χ1v) is 11.0. The minimum Gasteiger partial charge on any atom is -0.308 e. The molecule has 0 saturated heterocycles. The second-order valence-corrected chi connectivity index (χ2v) is 9.12. The summed E-state index contributed by atoms with van der Waals surface area (Å²) < 4.78 is 38.9. The summed E-state index contributed by atoms with van der Waals surface area (Å²) in [5.74, 6) is -0.878. The first kappa shape index (κ1) is 20.2. The van der Waals surface area contributed by atoms with Gasteiger partial charge < -0.3 is 9.79 Å². The first-order valence-electron chi connectivity index (χ1n) is 7.54. The van der Waals surface area contributed by atoms with Gasteiger partial charge in [0, 0.05) is 17.0 Å². The van der Waals surface area contributed by atoms with Gasteiger partial charge in [0.25, 0.3) is 21.5 Å². The molecule has 1 heterocycles. The second kappa shape index (κ2) is 7.16. The van der Waals surface area contributed by atoms with Crippen molar-refractivity contribution < 1.29 is 27.6 Å². The SMILES string of the molecule is O=C(NS(=O)(=O)c1cc2ccc(=O)n(P(=O)(O)O)c2cc1Cl)c1ccccc1. The number of sulfonamides is 1. The van der Waals surface area contributed by atoms with E-state index in [1.54, 1.807) is 18.2 Å². The largest absolute Gasteiger partial charge is 0.437 e. The van der Waals surface area contributed by atoms with Crippen LogP contribution in [0.25, 0.3) is 10.9 Å². The van der Waals surface area contributed by atoms with Gasteiger partial charge in [-0.15, -0.1) is 0 Å². The molecule has 3 N–H and O–H groups in total. The maximum absolute atomic E-state index is 12.6. The molecule has 28 heavy (non-hydrogen) atoms. The van der Waals surface area contributed by atoms with Gasteiger partial charge in [0.2, 0.25) is 0 Å². The molecule has 0 aliphatic rings. The number of carbonyl (C=O) groups excluding carboxylic acids is 1. The molecule has 1 aromatic heterocycles. The lowest BCUT2D eigenvalue weighted by atomic mass is 10.2. The van der Waals surface area contributed by atoms with Crippen molar-refractivity contribution in [2.24, 2.45) is 0 Å². The lowest BCUT2D eigenvalue weighted by molar-refractivity contribution is 0.0981. The molecule has 1 amide bonds. The fourth-order valence-corrected chi connectivity index (χ4v) is 4.84. The summed E-state index contributed by atoms with van der Waals surface area (Å²) in [6.07, 6.45) is 0. The summed E-state index contributed by atoms with van der Waals surface area (Å²) in [6.45, 7) is 0. The lowest BCUT2D eigenvalue weighted by Crippen LogP contribution is -2.30. The van der Waals surface area contributed by atoms with E-state index in [1.807, 2.05) is 4.72 Å². The third-order valence-electron chi connectivity index (χ3n) is 3.74. The highest BCUT2D eigenvalue weighted by atomic mass is 35.5. The van der Waals surface area contributed by atoms with E-state index in [-0.39, 0.29) is 20.8 Å². The Morgan fingerprint density at radius 1 is 1.07 bits per heavy atom. The fourth-order valence-electron chi connectivity index (χ4n) is 2.53. The number of pyridine rings is 1. The van der Waals surface area contributed by atoms with E-state index in [9.17, 15) is 32.4 Å². The van der Waals surface area contributed by atoms with Gasteiger partial charge in [-0.05, 0) is 30.3 Å². The number of aromatic nitrogens is 1. The van der Waals surface area contributed by atoms with Crippen LogP contribution < -0.4 is 10.3 Å². The highest BCUT2D eigenvalue weighted by Crippen LogP contribution is 2.39. The quantitative estimate of drug-likeness (QED) is 0.522. The molecule has 0 aliphatic carbocycles. The summed E-state index contributed by atoms with van der Waals surface area (Å²) in [7, 11) is -9.41. The van der Waals surface area contributed by atoms with Gasteiger partial charge in [0.05, 0.1) is 10.5 Å². The number of halogens is 1. The summed E-state index contributed by atoms with van der Waals surface area (Å²) in [4.78, 5) is 42.3. The molecule has 12 heteroatoms. The molecule has 0 bridgehead atoms. The molecule has 0 saturated carbocycles. The van der Waals surface area contributed by atoms with Crippen LogP contribution in [0.15, 0.2) is 64.3 Å². The van der Waals surface area contributed by atoms with Crippen LogP contribution >= 0.6 is 19.3 Å². The maximum Gasteiger partial charge on any atom is 0.437 e. The van der Waals surface area contributed by atoms with E-state index < -0.39 is 39.2 Å². The molecule has 0 aliphatic heterocycles. The third-order valence-corrected chi connectivity index (χ3v) is 6.47. The topological polar surface area (TPSA) is 143 Å². The molecular weight excluding hydrogens is 431 g/mol. The standard InChI is InChI=1S/C16H12ClN2O7PS/c17-12-9-13-11(6-7-15(20)19(13)27(22,23)24)8-14(12)28(25,26)18-16(21)10-4-2-1-3-5-10/h1-9H,(H,18,21)(H2,22,23,24). The Kier molecular flexibility index (Phi) is 5.18. The van der Waals surface area contributed by atoms with Crippen LogP contribution in [0.5, 0.6) is 0 Å². The van der Waals surface area contributed by atoms with Crippen LogP contribution in [0.4, 0.5) is 0 Å². The summed E-state index contributed by atoms with van der Waals surface area (Å²) >= 11 is 5.99. The number of benzene rings is 2. The lowest BCUT2D eigenvalue weighted by Gasteiger charge is -2.14. The number of amides is 1. The number of carbonyl (C=O) groups is 1. The van der Waals surface area contributed by atoms with Gasteiger partial charge in [0.1, 0.15) is 4.90 Å². The van der Waals surface area contributed by atoms with Gasteiger partial charge in [0.15, 0.2) is 0 Å². The van der Waals surface area contributed by atoms with E-state index in [2.05, 4.69) is 0 Å². The van der Waals surface area contributed by atoms with E-state index in [1.165, 1.54) is 18.2 Å². The van der Waals surface area contributed by atoms with Gasteiger partial charge in [-0.1, -0.05) is 29.8 Å². The van der Waals surface area contributed by atoms with Crippen LogP contribution in [0, 0.1) is 0 Å². The normalized spacial score (nSPS) is 12.1. The van der Waals surface area contributed by atoms with Crippen molar-refractivity contribution in [2.45, 2.75) is 4.90 Å². The van der Waals surface area contributed by atoms with Crippen molar-refractivity contribution in [2.75, 3.05) is 0 Å². The van der Waals surface area contributed by atoms with E-state index >= 15 is 0 Å². The Morgan fingerprint density at radius 3 is 2.32 bits per heavy atom. The van der Waals surface area contributed by atoms with Crippen molar-refractivity contribution in [3.8, 4) is 0 Å². The molecule has 0 atom stereocenters. The number of nitrogens with one attached hydrogen (secondary N) is 1. The summed E-state index contributed by atoms with van der Waals surface area (Å²) in [5, 5.41) is -0.395. The smallest absolute Gasteiger partial charge is 0.308 e. The molecule has 9 nitrogen and oxygen atoms in total. The van der Waals surface area contributed by atoms with Crippen LogP contribution in [0.2, 0.25) is 5.02 Å². The van der Waals surface area contributed by atoms with Crippen LogP contribution in [-0.2, 0) is 14.6 Å². The molecule has 3 rings (SSSR count). The van der Waals surface area contributed by atoms with Crippen molar-refractivity contribution >= 4 is 46.2 Å². The predicted octanol–water partition coefficient (Wildman–Crippen LogP) is 1.71. The zero-order valence-electron chi connectivity index (χ0n) is 13.8. The molecule has 146 valence electrons. The highest BCUT2D eigenvalue weighted by molar-refractivity contribution is 7.90. The number of fused-ring (bicyclic) bond motifs is 1. The first-order chi connectivity index (χ1) is 13.0. The van der Waals surface area contributed by atoms with Crippen LogP contribution in [0.1, 0.15) is 10.4 Å². The Morgan fingerprint density at radius 2 is 1.71 bits per heavy atom. The molecule has 3 aromatic rings. The van der Waals surface area contributed by atoms with Crippen molar-refractivity contribution in [3.05, 3.63) is 75.5 Å². The average molecular weight is 443 g/mol. The zero-order valence-corrected chi connectivity index (χ0v) is 16.3. The van der Waals surface area contributed by atoms with Gasteiger partial charge in [-0.25, -0.2) is 22.0 Å². The monoisotopic (exact) mass is 442 g/mol. The van der Waals surface area contributed by atoms with Crippen molar-refractivity contribution in [3.63, 3.8) is 0 Å². The fraction of sp³-hybridized carbons (Fsp3) is 0. The Hall–Kier alpha value is -2.49. The predicted molar refractivity (Wildman–Crippen MR) is 102 cm³/mol. The number of hydrogen-bond donors (Lipinski definition) is 3. The molecular formula is C16H12ClN2O7PS. The van der Waals surface area contributed by atoms with Gasteiger partial charge >= 0.3 is 7.75 Å². The van der Waals surface area contributed by atoms with Gasteiger partial charge in [-0.3, -0.25) is 9.59 Å². The van der Waals surface area contributed by atoms with Crippen molar-refractivity contribution in [1.82, 2.24) is 9.06 Å². The van der Waals surface area contributed by atoms with Crippen LogP contribution in [-0.4, -0.2) is 28.4 Å². The Bertz CT molecular complexity index is 1300. The highest BCUT2D eigenvalue weighted by Gasteiger charge is 2.26. The molecule has 0 spiro atoms. The Labute approximate surface area is 163 Å². The molecule has 2 aromatic carbocycles.